The topological polar surface area (TPSA) is 76.2 Å². The van der Waals surface area contributed by atoms with Crippen LogP contribution in [0.25, 0.3) is 0 Å². The highest BCUT2D eigenvalue weighted by atomic mass is 16.5. The number of methoxy groups -OCH3 is 2. The van der Waals surface area contributed by atoms with Gasteiger partial charge in [-0.2, -0.15) is 0 Å². The average Bonchev–Trinajstić information content (AvgIpc) is 3.20. The summed E-state index contributed by atoms with van der Waals surface area (Å²) >= 11 is 0. The number of rotatable bonds is 3. The Morgan fingerprint density at radius 1 is 1.04 bits per heavy atom. The van der Waals surface area contributed by atoms with Crippen molar-refractivity contribution in [2.75, 3.05) is 25.7 Å². The number of nitrogens with zero attached hydrogens (tertiary/aromatic N) is 2. The van der Waals surface area contributed by atoms with E-state index in [-0.39, 0.29) is 17.4 Å². The summed E-state index contributed by atoms with van der Waals surface area (Å²) in [6, 6.07) is 10.9. The monoisotopic (exact) mass is 380 g/mol. The van der Waals surface area contributed by atoms with Crippen LogP contribution in [0.5, 0.6) is 11.5 Å². The van der Waals surface area contributed by atoms with E-state index in [0.717, 1.165) is 11.3 Å². The van der Waals surface area contributed by atoms with Gasteiger partial charge in [-0.1, -0.05) is 12.1 Å². The van der Waals surface area contributed by atoms with Crippen LogP contribution in [0.3, 0.4) is 0 Å². The molecule has 2 aromatic carbocycles. The summed E-state index contributed by atoms with van der Waals surface area (Å²) in [4.78, 5) is 42.4. The maximum absolute atomic E-state index is 13.4. The van der Waals surface area contributed by atoms with Gasteiger partial charge in [-0.3, -0.25) is 14.4 Å². The van der Waals surface area contributed by atoms with E-state index in [1.165, 1.54) is 14.2 Å². The molecular weight excluding hydrogens is 360 g/mol. The molecule has 2 heterocycles. The van der Waals surface area contributed by atoms with Crippen molar-refractivity contribution in [2.24, 2.45) is 0 Å². The minimum Gasteiger partial charge on any atom is -0.497 e. The SMILES string of the molecule is COc1cc(OC)cc(C(=O)N2C(=O)[C@@H]3CCCN3C(=O)c3ccccc32)c1. The van der Waals surface area contributed by atoms with E-state index in [1.54, 1.807) is 47.4 Å². The maximum atomic E-state index is 13.4. The highest BCUT2D eigenvalue weighted by Crippen LogP contribution is 2.34. The van der Waals surface area contributed by atoms with Gasteiger partial charge in [-0.25, -0.2) is 4.90 Å². The number of imide groups is 1. The molecule has 1 atom stereocenters. The molecule has 4 rings (SSSR count). The number of hydrogen-bond donors (Lipinski definition) is 0. The van der Waals surface area contributed by atoms with Crippen LogP contribution >= 0.6 is 0 Å². The Hall–Kier alpha value is -3.35. The van der Waals surface area contributed by atoms with Gasteiger partial charge in [0.1, 0.15) is 17.5 Å². The van der Waals surface area contributed by atoms with Gasteiger partial charge in [0.2, 0.25) is 0 Å². The Kier molecular flexibility index (Phi) is 4.50. The Labute approximate surface area is 162 Å². The van der Waals surface area contributed by atoms with E-state index in [4.69, 9.17) is 9.47 Å². The number of carbonyl (C=O) groups excluding carboxylic acids is 3. The lowest BCUT2D eigenvalue weighted by molar-refractivity contribution is -0.121. The molecular formula is C21H20N2O5. The highest BCUT2D eigenvalue weighted by Gasteiger charge is 2.44. The lowest BCUT2D eigenvalue weighted by Crippen LogP contribution is -2.47. The van der Waals surface area contributed by atoms with Gasteiger partial charge in [0, 0.05) is 18.2 Å². The van der Waals surface area contributed by atoms with Crippen LogP contribution in [0.2, 0.25) is 0 Å². The summed E-state index contributed by atoms with van der Waals surface area (Å²) in [6.45, 7) is 0.512. The number of fused-ring (bicyclic) bond motifs is 2. The second kappa shape index (κ2) is 6.99. The fourth-order valence-corrected chi connectivity index (χ4v) is 3.81. The van der Waals surface area contributed by atoms with Crippen molar-refractivity contribution in [3.63, 3.8) is 0 Å². The third-order valence-corrected chi connectivity index (χ3v) is 5.20. The van der Waals surface area contributed by atoms with Crippen molar-refractivity contribution in [2.45, 2.75) is 18.9 Å². The van der Waals surface area contributed by atoms with Crippen LogP contribution < -0.4 is 14.4 Å². The van der Waals surface area contributed by atoms with Crippen LogP contribution in [-0.2, 0) is 4.79 Å². The number of para-hydroxylation sites is 1. The van der Waals surface area contributed by atoms with Crippen molar-refractivity contribution in [1.82, 2.24) is 4.90 Å². The third-order valence-electron chi connectivity index (χ3n) is 5.20. The van der Waals surface area contributed by atoms with Crippen LogP contribution in [0.15, 0.2) is 42.5 Å². The molecule has 1 saturated heterocycles. The molecule has 1 fully saturated rings. The van der Waals surface area contributed by atoms with Crippen LogP contribution in [-0.4, -0.2) is 49.4 Å². The lowest BCUT2D eigenvalue weighted by Gasteiger charge is -2.24. The molecule has 7 nitrogen and oxygen atoms in total. The summed E-state index contributed by atoms with van der Waals surface area (Å²) in [6.07, 6.45) is 1.28. The minimum atomic E-state index is -0.628. The van der Waals surface area contributed by atoms with Crippen molar-refractivity contribution >= 4 is 23.4 Å². The normalized spacial score (nSPS) is 18.4. The first kappa shape index (κ1) is 18.0. The van der Waals surface area contributed by atoms with Gasteiger partial charge in [0.15, 0.2) is 0 Å². The van der Waals surface area contributed by atoms with E-state index < -0.39 is 11.9 Å². The molecule has 0 N–H and O–H groups in total. The zero-order valence-corrected chi connectivity index (χ0v) is 15.7. The largest absolute Gasteiger partial charge is 0.497 e. The van der Waals surface area contributed by atoms with E-state index in [2.05, 4.69) is 0 Å². The number of amides is 3. The summed E-state index contributed by atoms with van der Waals surface area (Å²) in [5, 5.41) is 0. The Morgan fingerprint density at radius 3 is 2.39 bits per heavy atom. The van der Waals surface area contributed by atoms with E-state index in [9.17, 15) is 14.4 Å². The average molecular weight is 380 g/mol. The molecule has 3 amide bonds. The van der Waals surface area contributed by atoms with E-state index >= 15 is 0 Å². The summed E-state index contributed by atoms with van der Waals surface area (Å²) in [5.74, 6) is -0.239. The third kappa shape index (κ3) is 2.79. The Bertz CT molecular complexity index is 949. The second-order valence-electron chi connectivity index (χ2n) is 6.75. The lowest BCUT2D eigenvalue weighted by atomic mass is 10.1. The quantitative estimate of drug-likeness (QED) is 0.765. The molecule has 2 aromatic rings. The Morgan fingerprint density at radius 2 is 1.71 bits per heavy atom. The predicted octanol–water partition coefficient (Wildman–Crippen LogP) is 2.50. The van der Waals surface area contributed by atoms with Gasteiger partial charge in [0.25, 0.3) is 17.7 Å². The van der Waals surface area contributed by atoms with Gasteiger partial charge in [0.05, 0.1) is 25.5 Å². The molecule has 0 radical (unpaired) electrons. The molecule has 28 heavy (non-hydrogen) atoms. The first-order valence-corrected chi connectivity index (χ1v) is 9.06. The van der Waals surface area contributed by atoms with Gasteiger partial charge in [-0.15, -0.1) is 0 Å². The number of hydrogen-bond acceptors (Lipinski definition) is 5. The first-order chi connectivity index (χ1) is 13.5. The molecule has 7 heteroatoms. The summed E-state index contributed by atoms with van der Waals surface area (Å²) in [7, 11) is 2.98. The Balaban J connectivity index is 1.85. The second-order valence-corrected chi connectivity index (χ2v) is 6.75. The minimum absolute atomic E-state index is 0.218. The molecule has 0 spiro atoms. The highest BCUT2D eigenvalue weighted by molar-refractivity contribution is 6.26. The molecule has 0 unspecified atom stereocenters. The maximum Gasteiger partial charge on any atom is 0.265 e. The van der Waals surface area contributed by atoms with Gasteiger partial charge in [-0.05, 0) is 37.1 Å². The standard InChI is InChI=1S/C21H20N2O5/c1-27-14-10-13(11-15(12-14)28-2)19(24)23-17-7-4-3-6-16(17)20(25)22-9-5-8-18(22)21(23)26/h3-4,6-7,10-12,18H,5,8-9H2,1-2H3/t18-/m0/s1. The number of ether oxygens (including phenoxy) is 2. The summed E-state index contributed by atoms with van der Waals surface area (Å²) in [5.41, 5.74) is 0.903. The summed E-state index contributed by atoms with van der Waals surface area (Å²) < 4.78 is 10.5. The molecule has 0 aliphatic carbocycles. The van der Waals surface area contributed by atoms with Crippen molar-refractivity contribution in [3.05, 3.63) is 53.6 Å². The van der Waals surface area contributed by atoms with Gasteiger partial charge < -0.3 is 14.4 Å². The zero-order chi connectivity index (χ0) is 19.8. The van der Waals surface area contributed by atoms with Crippen molar-refractivity contribution < 1.29 is 23.9 Å². The van der Waals surface area contributed by atoms with Crippen molar-refractivity contribution in [3.8, 4) is 11.5 Å². The van der Waals surface area contributed by atoms with Crippen LogP contribution in [0.4, 0.5) is 5.69 Å². The number of benzene rings is 2. The zero-order valence-electron chi connectivity index (χ0n) is 15.7. The molecule has 0 aromatic heterocycles. The predicted molar refractivity (Wildman–Crippen MR) is 102 cm³/mol. The smallest absolute Gasteiger partial charge is 0.265 e. The molecule has 0 bridgehead atoms. The van der Waals surface area contributed by atoms with Crippen LogP contribution in [0.1, 0.15) is 33.6 Å². The fraction of sp³-hybridized carbons (Fsp3) is 0.286. The fourth-order valence-electron chi connectivity index (χ4n) is 3.81. The van der Waals surface area contributed by atoms with Crippen LogP contribution in [0, 0.1) is 0 Å². The molecule has 0 saturated carbocycles. The molecule has 144 valence electrons. The number of anilines is 1. The van der Waals surface area contributed by atoms with Crippen molar-refractivity contribution in [1.29, 1.82) is 0 Å². The van der Waals surface area contributed by atoms with E-state index in [1.807, 2.05) is 0 Å². The van der Waals surface area contributed by atoms with Gasteiger partial charge >= 0.3 is 0 Å². The molecule has 2 aliphatic rings. The molecule has 2 aliphatic heterocycles. The van der Waals surface area contributed by atoms with E-state index in [0.29, 0.717) is 35.7 Å². The number of carbonyl (C=O) groups is 3. The first-order valence-electron chi connectivity index (χ1n) is 9.06.